The molecule has 2 atom stereocenters. The first-order valence-corrected chi connectivity index (χ1v) is 11.9. The van der Waals surface area contributed by atoms with Crippen molar-refractivity contribution in [3.8, 4) is 0 Å². The van der Waals surface area contributed by atoms with Gasteiger partial charge in [-0.05, 0) is 37.2 Å². The number of nitrogens with one attached hydrogen (secondary N) is 1. The number of nitrogens with zero attached hydrogens (tertiary/aromatic N) is 4. The summed E-state index contributed by atoms with van der Waals surface area (Å²) in [6.45, 7) is 2.64. The van der Waals surface area contributed by atoms with Gasteiger partial charge < -0.3 is 21.0 Å². The van der Waals surface area contributed by atoms with Crippen LogP contribution in [0.3, 0.4) is 0 Å². The minimum atomic E-state index is -2.72. The molecule has 3 rings (SSSR count). The lowest BCUT2D eigenvalue weighted by molar-refractivity contribution is -0.139. The molecule has 2 amide bonds. The lowest BCUT2D eigenvalue weighted by Crippen LogP contribution is -2.50. The van der Waals surface area contributed by atoms with Gasteiger partial charge in [-0.15, -0.1) is 0 Å². The van der Waals surface area contributed by atoms with Crippen LogP contribution in [-0.2, 0) is 26.5 Å². The molecule has 2 saturated heterocycles. The third-order valence-corrected chi connectivity index (χ3v) is 6.48. The maximum absolute atomic E-state index is 13.2. The maximum atomic E-state index is 13.2. The number of nitrogens with two attached hydrogens (primary N) is 1. The molecule has 0 saturated carbocycles. The Bertz CT molecular complexity index is 936. The number of rotatable bonds is 8. The lowest BCUT2D eigenvalue weighted by Gasteiger charge is -2.31. The van der Waals surface area contributed by atoms with Crippen molar-refractivity contribution in [1.29, 1.82) is 0 Å². The zero-order chi connectivity index (χ0) is 22.9. The molecule has 1 aromatic rings. The van der Waals surface area contributed by atoms with Crippen molar-refractivity contribution in [1.82, 2.24) is 15.1 Å². The molecule has 2 aliphatic rings. The average molecular weight is 463 g/mol. The molecule has 0 bridgehead atoms. The summed E-state index contributed by atoms with van der Waals surface area (Å²) in [7, 11) is -2.72. The highest BCUT2D eigenvalue weighted by Crippen LogP contribution is 2.21. The third kappa shape index (κ3) is 6.52. The van der Waals surface area contributed by atoms with Gasteiger partial charge in [0.2, 0.25) is 11.8 Å². The largest absolute Gasteiger partial charge is 0.361 e. The Morgan fingerprint density at radius 3 is 2.53 bits per heavy atom. The Hall–Kier alpha value is -2.95. The summed E-state index contributed by atoms with van der Waals surface area (Å²) in [6.07, 6.45) is 4.90. The van der Waals surface area contributed by atoms with Crippen LogP contribution in [0.2, 0.25) is 0 Å². The van der Waals surface area contributed by atoms with E-state index in [0.717, 1.165) is 31.5 Å². The van der Waals surface area contributed by atoms with E-state index in [1.807, 2.05) is 35.2 Å². The van der Waals surface area contributed by atoms with Gasteiger partial charge in [-0.25, -0.2) is 0 Å². The molecule has 2 heterocycles. The van der Waals surface area contributed by atoms with E-state index in [4.69, 9.17) is 5.84 Å². The first-order chi connectivity index (χ1) is 15.5. The normalized spacial score (nSPS) is 20.3. The fourth-order valence-corrected chi connectivity index (χ4v) is 4.71. The molecular weight excluding hydrogens is 432 g/mol. The molecule has 174 valence electrons. The fraction of sp³-hybridized carbons (Fsp3) is 0.571. The highest BCUT2D eigenvalue weighted by atomic mass is 32.2. The van der Waals surface area contributed by atoms with Gasteiger partial charge in [0.25, 0.3) is 0 Å². The summed E-state index contributed by atoms with van der Waals surface area (Å²) in [5.41, 5.74) is 0.811. The number of hydrazone groups is 1. The van der Waals surface area contributed by atoms with Crippen molar-refractivity contribution < 1.29 is 18.0 Å². The molecule has 2 fully saturated rings. The van der Waals surface area contributed by atoms with Gasteiger partial charge in [0.1, 0.15) is 18.4 Å². The number of benzene rings is 1. The quantitative estimate of drug-likeness (QED) is 0.248. The summed E-state index contributed by atoms with van der Waals surface area (Å²) in [4.78, 5) is 29.6. The molecular formula is C21H30N6O4S. The predicted octanol–water partition coefficient (Wildman–Crippen LogP) is 0.382. The van der Waals surface area contributed by atoms with Crippen LogP contribution in [-0.4, -0.2) is 74.6 Å². The van der Waals surface area contributed by atoms with Crippen LogP contribution in [0.1, 0.15) is 31.2 Å². The molecule has 0 radical (unpaired) electrons. The number of hydrogen-bond donors (Lipinski definition) is 2. The standard InChI is InChI=1S/C21H30N6O4S/c22-24-15-26-11-8-17(9-12-26)14-23-20(28)19-7-4-10-27(19)21(29)18(25-32(30)31)13-16-5-2-1-3-6-16/h1-3,5-6,15,17-19H,4,7-14,22H2,(H,23,28)/t18-,19+/m1/s1. The minimum Gasteiger partial charge on any atom is -0.361 e. The van der Waals surface area contributed by atoms with Gasteiger partial charge in [-0.2, -0.15) is 17.9 Å². The first kappa shape index (κ1) is 23.7. The molecule has 0 unspecified atom stereocenters. The van der Waals surface area contributed by atoms with Crippen LogP contribution in [0.5, 0.6) is 0 Å². The maximum Gasteiger partial charge on any atom is 0.311 e. The average Bonchev–Trinajstić information content (AvgIpc) is 3.28. The van der Waals surface area contributed by atoms with Gasteiger partial charge in [0.05, 0.1) is 0 Å². The summed E-state index contributed by atoms with van der Waals surface area (Å²) in [6, 6.07) is 7.47. The summed E-state index contributed by atoms with van der Waals surface area (Å²) < 4.78 is 26.1. The van der Waals surface area contributed by atoms with Gasteiger partial charge >= 0.3 is 10.5 Å². The zero-order valence-electron chi connectivity index (χ0n) is 18.0. The summed E-state index contributed by atoms with van der Waals surface area (Å²) in [5.74, 6) is 4.93. The van der Waals surface area contributed by atoms with Gasteiger partial charge in [0, 0.05) is 32.6 Å². The molecule has 10 nitrogen and oxygen atoms in total. The molecule has 2 aliphatic heterocycles. The Labute approximate surface area is 189 Å². The van der Waals surface area contributed by atoms with Crippen LogP contribution in [0, 0.1) is 5.92 Å². The van der Waals surface area contributed by atoms with E-state index < -0.39 is 28.5 Å². The van der Waals surface area contributed by atoms with E-state index in [9.17, 15) is 18.0 Å². The zero-order valence-corrected chi connectivity index (χ0v) is 18.8. The van der Waals surface area contributed by atoms with Crippen molar-refractivity contribution >= 4 is 28.7 Å². The third-order valence-electron chi connectivity index (χ3n) is 6.05. The Morgan fingerprint density at radius 2 is 1.88 bits per heavy atom. The van der Waals surface area contributed by atoms with Crippen LogP contribution in [0.25, 0.3) is 0 Å². The number of hydrogen-bond acceptors (Lipinski definition) is 7. The number of piperidine rings is 1. The van der Waals surface area contributed by atoms with E-state index in [1.54, 1.807) is 6.34 Å². The molecule has 0 aromatic heterocycles. The minimum absolute atomic E-state index is 0.170. The van der Waals surface area contributed by atoms with Crippen molar-refractivity contribution in [2.45, 2.75) is 44.2 Å². The van der Waals surface area contributed by atoms with E-state index in [1.165, 1.54) is 4.90 Å². The number of carbonyl (C=O) groups is 2. The first-order valence-electron chi connectivity index (χ1n) is 10.9. The van der Waals surface area contributed by atoms with E-state index >= 15 is 0 Å². The van der Waals surface area contributed by atoms with Crippen LogP contribution < -0.4 is 11.2 Å². The van der Waals surface area contributed by atoms with Gasteiger partial charge in [0.15, 0.2) is 0 Å². The van der Waals surface area contributed by atoms with Crippen LogP contribution in [0.15, 0.2) is 39.8 Å². The smallest absolute Gasteiger partial charge is 0.311 e. The fourth-order valence-electron chi connectivity index (χ4n) is 4.33. The predicted molar refractivity (Wildman–Crippen MR) is 120 cm³/mol. The summed E-state index contributed by atoms with van der Waals surface area (Å²) >= 11 is 0. The van der Waals surface area contributed by atoms with Gasteiger partial charge in [-0.1, -0.05) is 30.3 Å². The van der Waals surface area contributed by atoms with Crippen LogP contribution >= 0.6 is 0 Å². The number of carbonyl (C=O) groups excluding carboxylic acids is 2. The SMILES string of the molecule is NN=CN1CCC(CNC(=O)[C@@H]2CCCN2C(=O)[C@@H](Cc2ccccc2)N=S(=O)=O)CC1. The molecule has 0 aliphatic carbocycles. The lowest BCUT2D eigenvalue weighted by atomic mass is 9.97. The van der Waals surface area contributed by atoms with Crippen molar-refractivity contribution in [3.05, 3.63) is 35.9 Å². The Kier molecular flexibility index (Phi) is 8.60. The summed E-state index contributed by atoms with van der Waals surface area (Å²) in [5, 5.41) is 6.53. The van der Waals surface area contributed by atoms with E-state index in [0.29, 0.717) is 31.8 Å². The molecule has 32 heavy (non-hydrogen) atoms. The van der Waals surface area contributed by atoms with Crippen LogP contribution in [0.4, 0.5) is 0 Å². The number of amides is 2. The molecule has 0 spiro atoms. The second-order valence-electron chi connectivity index (χ2n) is 8.21. The second kappa shape index (κ2) is 11.6. The van der Waals surface area contributed by atoms with E-state index in [-0.39, 0.29) is 12.3 Å². The molecule has 3 N–H and O–H groups in total. The Morgan fingerprint density at radius 1 is 1.16 bits per heavy atom. The highest BCUT2D eigenvalue weighted by Gasteiger charge is 2.37. The van der Waals surface area contributed by atoms with Crippen molar-refractivity contribution in [2.24, 2.45) is 21.2 Å². The monoisotopic (exact) mass is 462 g/mol. The number of likely N-dealkylation sites (tertiary alicyclic amines) is 2. The Balaban J connectivity index is 1.59. The van der Waals surface area contributed by atoms with Crippen molar-refractivity contribution in [3.63, 3.8) is 0 Å². The van der Waals surface area contributed by atoms with E-state index in [2.05, 4.69) is 14.8 Å². The second-order valence-corrected chi connectivity index (χ2v) is 8.85. The molecule has 11 heteroatoms. The molecule has 1 aromatic carbocycles. The van der Waals surface area contributed by atoms with Gasteiger partial charge in [-0.3, -0.25) is 9.59 Å². The highest BCUT2D eigenvalue weighted by molar-refractivity contribution is 7.61. The topological polar surface area (TPSA) is 138 Å². The van der Waals surface area contributed by atoms with Crippen molar-refractivity contribution in [2.75, 3.05) is 26.2 Å².